The summed E-state index contributed by atoms with van der Waals surface area (Å²) in [5.41, 5.74) is 1.12. The maximum Gasteiger partial charge on any atom is 0.335 e. The second kappa shape index (κ2) is 15.3. The van der Waals surface area contributed by atoms with Crippen molar-refractivity contribution in [2.24, 2.45) is 0 Å². The van der Waals surface area contributed by atoms with Crippen LogP contribution in [0.15, 0.2) is 24.3 Å². The zero-order valence-corrected chi connectivity index (χ0v) is 17.8. The summed E-state index contributed by atoms with van der Waals surface area (Å²) in [6, 6.07) is 6.60. The standard InChI is InChI=1S/C22H29NO9/c1-2-8-27-10-12-29-14-15-30-13-11-28-9-7-23-20(24)17-3-5-18(6-4-17)22-31-16-19(32-22)21(25)26/h1,3-6,19,22H,7-16H2,(H,23,24)(H,25,26). The fraction of sp³-hybridized carbons (Fsp3) is 0.545. The lowest BCUT2D eigenvalue weighted by Gasteiger charge is -2.11. The smallest absolute Gasteiger partial charge is 0.335 e. The first-order valence-electron chi connectivity index (χ1n) is 10.2. The molecule has 32 heavy (non-hydrogen) atoms. The minimum Gasteiger partial charge on any atom is -0.479 e. The number of carbonyl (C=O) groups is 2. The predicted octanol–water partition coefficient (Wildman–Crippen LogP) is 0.615. The molecule has 0 radical (unpaired) electrons. The molecule has 2 N–H and O–H groups in total. The number of rotatable bonds is 16. The highest BCUT2D eigenvalue weighted by molar-refractivity contribution is 5.94. The molecule has 1 heterocycles. The monoisotopic (exact) mass is 451 g/mol. The molecule has 1 aromatic rings. The fourth-order valence-corrected chi connectivity index (χ4v) is 2.63. The molecular formula is C22H29NO9. The van der Waals surface area contributed by atoms with Crippen LogP contribution in [0.2, 0.25) is 0 Å². The largest absolute Gasteiger partial charge is 0.479 e. The van der Waals surface area contributed by atoms with Gasteiger partial charge in [-0.05, 0) is 12.1 Å². The molecule has 0 aromatic heterocycles. The van der Waals surface area contributed by atoms with Gasteiger partial charge in [0.25, 0.3) is 5.91 Å². The number of hydrogen-bond acceptors (Lipinski definition) is 8. The van der Waals surface area contributed by atoms with E-state index in [4.69, 9.17) is 40.0 Å². The van der Waals surface area contributed by atoms with Crippen molar-refractivity contribution in [3.63, 3.8) is 0 Å². The van der Waals surface area contributed by atoms with Gasteiger partial charge in [-0.25, -0.2) is 4.79 Å². The van der Waals surface area contributed by atoms with E-state index in [0.717, 1.165) is 0 Å². The number of hydrogen-bond donors (Lipinski definition) is 2. The highest BCUT2D eigenvalue weighted by Crippen LogP contribution is 2.27. The van der Waals surface area contributed by atoms with Crippen molar-refractivity contribution in [1.82, 2.24) is 5.32 Å². The van der Waals surface area contributed by atoms with Crippen molar-refractivity contribution >= 4 is 11.9 Å². The number of aliphatic carboxylic acids is 1. The first kappa shape index (κ1) is 25.7. The number of carbonyl (C=O) groups excluding carboxylic acids is 1. The molecule has 0 bridgehead atoms. The average Bonchev–Trinajstić information content (AvgIpc) is 3.30. The van der Waals surface area contributed by atoms with Crippen LogP contribution in [0.4, 0.5) is 0 Å². The summed E-state index contributed by atoms with van der Waals surface area (Å²) in [5, 5.41) is 11.7. The molecule has 1 fully saturated rings. The van der Waals surface area contributed by atoms with E-state index in [0.29, 0.717) is 63.9 Å². The van der Waals surface area contributed by atoms with E-state index in [1.165, 1.54) is 0 Å². The molecular weight excluding hydrogens is 422 g/mol. The van der Waals surface area contributed by atoms with Crippen LogP contribution in [-0.4, -0.2) is 89.1 Å². The van der Waals surface area contributed by atoms with E-state index in [1.807, 2.05) is 0 Å². The van der Waals surface area contributed by atoms with Crippen LogP contribution in [0.3, 0.4) is 0 Å². The normalized spacial score (nSPS) is 17.7. The van der Waals surface area contributed by atoms with E-state index in [-0.39, 0.29) is 19.1 Å². The summed E-state index contributed by atoms with van der Waals surface area (Å²) in [6.07, 6.45) is 3.33. The molecule has 1 amide bonds. The van der Waals surface area contributed by atoms with Crippen LogP contribution < -0.4 is 5.32 Å². The number of benzene rings is 1. The molecule has 0 aliphatic carbocycles. The quantitative estimate of drug-likeness (QED) is 0.275. The van der Waals surface area contributed by atoms with Gasteiger partial charge in [-0.1, -0.05) is 18.1 Å². The Hall–Kier alpha value is -2.52. The van der Waals surface area contributed by atoms with E-state index in [1.54, 1.807) is 24.3 Å². The fourth-order valence-electron chi connectivity index (χ4n) is 2.63. The number of carboxylic acids is 1. The van der Waals surface area contributed by atoms with Crippen LogP contribution in [0.25, 0.3) is 0 Å². The van der Waals surface area contributed by atoms with Gasteiger partial charge in [-0.3, -0.25) is 4.79 Å². The summed E-state index contributed by atoms with van der Waals surface area (Å²) >= 11 is 0. The summed E-state index contributed by atoms with van der Waals surface area (Å²) in [5.74, 6) is 1.07. The molecule has 176 valence electrons. The second-order valence-electron chi connectivity index (χ2n) is 6.60. The molecule has 1 aliphatic rings. The highest BCUT2D eigenvalue weighted by atomic mass is 16.7. The number of carboxylic acid groups (broad SMARTS) is 1. The Bertz CT molecular complexity index is 732. The molecule has 1 aliphatic heterocycles. The van der Waals surface area contributed by atoms with Gasteiger partial charge in [0, 0.05) is 17.7 Å². The van der Waals surface area contributed by atoms with Crippen LogP contribution in [0.1, 0.15) is 22.2 Å². The number of terminal acetylenes is 1. The van der Waals surface area contributed by atoms with Gasteiger partial charge in [-0.15, -0.1) is 6.42 Å². The van der Waals surface area contributed by atoms with Gasteiger partial charge in [0.2, 0.25) is 0 Å². The van der Waals surface area contributed by atoms with E-state index >= 15 is 0 Å². The lowest BCUT2D eigenvalue weighted by molar-refractivity contribution is -0.150. The van der Waals surface area contributed by atoms with E-state index in [2.05, 4.69) is 11.2 Å². The Morgan fingerprint density at radius 1 is 1.00 bits per heavy atom. The predicted molar refractivity (Wildman–Crippen MR) is 112 cm³/mol. The first-order chi connectivity index (χ1) is 15.6. The Kier molecular flexibility index (Phi) is 12.3. The number of nitrogens with one attached hydrogen (secondary N) is 1. The molecule has 2 rings (SSSR count). The van der Waals surface area contributed by atoms with Crippen LogP contribution in [-0.2, 0) is 33.2 Å². The summed E-state index contributed by atoms with van der Waals surface area (Å²) in [6.45, 7) is 3.68. The van der Waals surface area contributed by atoms with Crippen LogP contribution in [0, 0.1) is 12.3 Å². The summed E-state index contributed by atoms with van der Waals surface area (Å²) < 4.78 is 31.8. The molecule has 1 aromatic carbocycles. The van der Waals surface area contributed by atoms with Crippen LogP contribution >= 0.6 is 0 Å². The van der Waals surface area contributed by atoms with Crippen molar-refractivity contribution in [3.05, 3.63) is 35.4 Å². The number of ether oxygens (including phenoxy) is 6. The molecule has 2 atom stereocenters. The zero-order chi connectivity index (χ0) is 23.0. The maximum atomic E-state index is 12.2. The zero-order valence-electron chi connectivity index (χ0n) is 17.8. The van der Waals surface area contributed by atoms with Crippen molar-refractivity contribution in [2.75, 3.05) is 66.0 Å². The first-order valence-corrected chi connectivity index (χ1v) is 10.2. The third-order valence-corrected chi connectivity index (χ3v) is 4.24. The van der Waals surface area contributed by atoms with Gasteiger partial charge in [0.05, 0.1) is 52.9 Å². The van der Waals surface area contributed by atoms with Gasteiger partial charge in [0.1, 0.15) is 6.61 Å². The van der Waals surface area contributed by atoms with Crippen molar-refractivity contribution in [3.8, 4) is 12.3 Å². The lowest BCUT2D eigenvalue weighted by Crippen LogP contribution is -2.27. The van der Waals surface area contributed by atoms with E-state index < -0.39 is 18.4 Å². The molecule has 0 saturated carbocycles. The Balaban J connectivity index is 1.47. The Labute approximate surface area is 187 Å². The van der Waals surface area contributed by atoms with Gasteiger partial charge in [0.15, 0.2) is 12.4 Å². The molecule has 10 nitrogen and oxygen atoms in total. The SMILES string of the molecule is C#CCOCCOCCOCCOCCNC(=O)c1ccc(C2OCC(C(=O)O)O2)cc1. The van der Waals surface area contributed by atoms with Gasteiger partial charge >= 0.3 is 5.97 Å². The van der Waals surface area contributed by atoms with Crippen molar-refractivity contribution in [1.29, 1.82) is 0 Å². The van der Waals surface area contributed by atoms with Crippen molar-refractivity contribution < 1.29 is 43.1 Å². The molecule has 1 saturated heterocycles. The van der Waals surface area contributed by atoms with Crippen molar-refractivity contribution in [2.45, 2.75) is 12.4 Å². The molecule has 0 spiro atoms. The minimum absolute atomic E-state index is 0.00972. The summed E-state index contributed by atoms with van der Waals surface area (Å²) in [7, 11) is 0. The number of amides is 1. The Morgan fingerprint density at radius 2 is 1.59 bits per heavy atom. The highest BCUT2D eigenvalue weighted by Gasteiger charge is 2.32. The third-order valence-electron chi connectivity index (χ3n) is 4.24. The minimum atomic E-state index is -1.07. The second-order valence-corrected chi connectivity index (χ2v) is 6.60. The third kappa shape index (κ3) is 9.74. The average molecular weight is 451 g/mol. The molecule has 2 unspecified atom stereocenters. The van der Waals surface area contributed by atoms with Gasteiger partial charge < -0.3 is 38.8 Å². The lowest BCUT2D eigenvalue weighted by atomic mass is 10.1. The maximum absolute atomic E-state index is 12.2. The van der Waals surface area contributed by atoms with E-state index in [9.17, 15) is 9.59 Å². The topological polar surface area (TPSA) is 122 Å². The van der Waals surface area contributed by atoms with Crippen LogP contribution in [0.5, 0.6) is 0 Å². The Morgan fingerprint density at radius 3 is 2.16 bits per heavy atom. The summed E-state index contributed by atoms with van der Waals surface area (Å²) in [4.78, 5) is 23.1. The molecule has 10 heteroatoms. The van der Waals surface area contributed by atoms with Gasteiger partial charge in [-0.2, -0.15) is 0 Å².